The van der Waals surface area contributed by atoms with Gasteiger partial charge >= 0.3 is 5.69 Å². The van der Waals surface area contributed by atoms with Crippen molar-refractivity contribution in [3.05, 3.63) is 80.6 Å². The van der Waals surface area contributed by atoms with Crippen LogP contribution in [0.15, 0.2) is 62.9 Å². The van der Waals surface area contributed by atoms with Gasteiger partial charge in [-0.05, 0) is 48.5 Å². The summed E-state index contributed by atoms with van der Waals surface area (Å²) < 4.78 is 19.1. The van der Waals surface area contributed by atoms with E-state index in [0.29, 0.717) is 16.9 Å². The molecule has 0 saturated carbocycles. The Balaban J connectivity index is 1.80. The van der Waals surface area contributed by atoms with Crippen molar-refractivity contribution in [3.63, 3.8) is 0 Å². The largest absolute Gasteiger partial charge is 0.496 e. The van der Waals surface area contributed by atoms with E-state index >= 15 is 0 Å². The number of ether oxygens (including phenoxy) is 1. The Morgan fingerprint density at radius 2 is 2.00 bits per heavy atom. The van der Waals surface area contributed by atoms with Crippen LogP contribution >= 0.6 is 15.9 Å². The molecule has 1 heterocycles. The van der Waals surface area contributed by atoms with E-state index < -0.39 is 17.4 Å². The van der Waals surface area contributed by atoms with Crippen LogP contribution in [0, 0.1) is 5.82 Å². The van der Waals surface area contributed by atoms with E-state index in [1.165, 1.54) is 43.7 Å². The number of nitrogens with zero attached hydrogens (tertiary/aromatic N) is 2. The predicted molar refractivity (Wildman–Crippen MR) is 106 cm³/mol. The number of benzene rings is 2. The summed E-state index contributed by atoms with van der Waals surface area (Å²) in [7, 11) is 1.53. The highest BCUT2D eigenvalue weighted by Gasteiger charge is 2.10. The number of carbonyl (C=O) groups is 1. The first-order chi connectivity index (χ1) is 13.5. The zero-order valence-electron chi connectivity index (χ0n) is 14.6. The van der Waals surface area contributed by atoms with Crippen LogP contribution in [0.2, 0.25) is 0 Å². The van der Waals surface area contributed by atoms with Gasteiger partial charge in [-0.15, -0.1) is 0 Å². The number of H-pyrrole nitrogens is 1. The van der Waals surface area contributed by atoms with Crippen molar-refractivity contribution >= 4 is 28.1 Å². The summed E-state index contributed by atoms with van der Waals surface area (Å²) in [6, 6.07) is 12.2. The maximum Gasteiger partial charge on any atom is 0.346 e. The van der Waals surface area contributed by atoms with Gasteiger partial charge in [0, 0.05) is 15.6 Å². The number of halogens is 2. The molecule has 0 bridgehead atoms. The van der Waals surface area contributed by atoms with Crippen molar-refractivity contribution in [1.82, 2.24) is 15.4 Å². The Morgan fingerprint density at radius 1 is 1.25 bits per heavy atom. The number of aromatic amines is 1. The highest BCUT2D eigenvalue weighted by atomic mass is 79.9. The standard InChI is InChI=1S/C19H14BrFN4O3/c1-28-17-7-4-13(20)8-12(17)10-22-25-18(26)16-9-15(23-19(27)24-16)11-2-5-14(21)6-3-11/h2-10H,1H3,(H,25,26)(H,23,24,27)/b22-10+. The molecule has 1 amide bonds. The van der Waals surface area contributed by atoms with Crippen molar-refractivity contribution in [2.24, 2.45) is 5.10 Å². The molecular weight excluding hydrogens is 431 g/mol. The molecular formula is C19H14BrFN4O3. The van der Waals surface area contributed by atoms with Crippen molar-refractivity contribution < 1.29 is 13.9 Å². The maximum absolute atomic E-state index is 13.1. The molecule has 3 rings (SSSR count). The molecule has 0 aliphatic rings. The highest BCUT2D eigenvalue weighted by Crippen LogP contribution is 2.21. The minimum atomic E-state index is -0.704. The molecule has 0 fully saturated rings. The fraction of sp³-hybridized carbons (Fsp3) is 0.0526. The normalized spacial score (nSPS) is 10.8. The third kappa shape index (κ3) is 4.68. The predicted octanol–water partition coefficient (Wildman–Crippen LogP) is 3.11. The molecule has 0 unspecified atom stereocenters. The molecule has 7 nitrogen and oxygen atoms in total. The van der Waals surface area contributed by atoms with Gasteiger partial charge in [0.2, 0.25) is 0 Å². The van der Waals surface area contributed by atoms with Gasteiger partial charge in [-0.3, -0.25) is 4.79 Å². The summed E-state index contributed by atoms with van der Waals surface area (Å²) in [6.07, 6.45) is 1.42. The van der Waals surface area contributed by atoms with E-state index in [1.54, 1.807) is 12.1 Å². The van der Waals surface area contributed by atoms with Crippen molar-refractivity contribution in [1.29, 1.82) is 0 Å². The number of rotatable bonds is 5. The van der Waals surface area contributed by atoms with E-state index in [1.807, 2.05) is 6.07 Å². The SMILES string of the molecule is COc1ccc(Br)cc1/C=N/NC(=O)c1cc(-c2ccc(F)cc2)nc(=O)[nH]1. The van der Waals surface area contributed by atoms with Gasteiger partial charge in [-0.2, -0.15) is 10.1 Å². The van der Waals surface area contributed by atoms with Crippen LogP contribution in [0.25, 0.3) is 11.3 Å². The Kier molecular flexibility index (Phi) is 5.95. The fourth-order valence-corrected chi connectivity index (χ4v) is 2.75. The zero-order chi connectivity index (χ0) is 20.1. The van der Waals surface area contributed by atoms with Crippen molar-refractivity contribution in [3.8, 4) is 17.0 Å². The zero-order valence-corrected chi connectivity index (χ0v) is 16.2. The number of aromatic nitrogens is 2. The number of methoxy groups -OCH3 is 1. The highest BCUT2D eigenvalue weighted by molar-refractivity contribution is 9.10. The number of hydrazone groups is 1. The monoisotopic (exact) mass is 444 g/mol. The van der Waals surface area contributed by atoms with Crippen molar-refractivity contribution in [2.45, 2.75) is 0 Å². The quantitative estimate of drug-likeness (QED) is 0.466. The molecule has 2 aromatic carbocycles. The van der Waals surface area contributed by atoms with Gasteiger partial charge < -0.3 is 9.72 Å². The summed E-state index contributed by atoms with van der Waals surface area (Å²) in [5, 5.41) is 3.89. The van der Waals surface area contributed by atoms with Crippen LogP contribution in [-0.4, -0.2) is 29.2 Å². The topological polar surface area (TPSA) is 96.4 Å². The van der Waals surface area contributed by atoms with Gasteiger partial charge in [0.1, 0.15) is 17.3 Å². The molecule has 142 valence electrons. The summed E-state index contributed by atoms with van der Waals surface area (Å²) in [5.74, 6) is -0.464. The van der Waals surface area contributed by atoms with Crippen LogP contribution < -0.4 is 15.9 Å². The Bertz CT molecular complexity index is 1100. The van der Waals surface area contributed by atoms with Crippen LogP contribution in [0.3, 0.4) is 0 Å². The van der Waals surface area contributed by atoms with E-state index in [0.717, 1.165) is 4.47 Å². The summed E-state index contributed by atoms with van der Waals surface area (Å²) >= 11 is 3.35. The van der Waals surface area contributed by atoms with Crippen LogP contribution in [0.4, 0.5) is 4.39 Å². The fourth-order valence-electron chi connectivity index (χ4n) is 2.38. The lowest BCUT2D eigenvalue weighted by Gasteiger charge is -2.05. The second kappa shape index (κ2) is 8.57. The average Bonchev–Trinajstić information content (AvgIpc) is 2.68. The second-order valence-electron chi connectivity index (χ2n) is 5.58. The lowest BCUT2D eigenvalue weighted by molar-refractivity contribution is 0.0949. The van der Waals surface area contributed by atoms with Gasteiger partial charge in [0.25, 0.3) is 5.91 Å². The number of hydrogen-bond acceptors (Lipinski definition) is 5. The molecule has 0 atom stereocenters. The van der Waals surface area contributed by atoms with E-state index in [9.17, 15) is 14.0 Å². The Hall–Kier alpha value is -3.33. The first-order valence-electron chi connectivity index (χ1n) is 8.00. The van der Waals surface area contributed by atoms with Crippen LogP contribution in [-0.2, 0) is 0 Å². The molecule has 2 N–H and O–H groups in total. The van der Waals surface area contributed by atoms with Crippen LogP contribution in [0.1, 0.15) is 16.1 Å². The minimum absolute atomic E-state index is 0.0299. The van der Waals surface area contributed by atoms with Crippen molar-refractivity contribution in [2.75, 3.05) is 7.11 Å². The first kappa shape index (κ1) is 19.4. The van der Waals surface area contributed by atoms with E-state index in [-0.39, 0.29) is 11.4 Å². The molecule has 0 radical (unpaired) electrons. The third-order valence-corrected chi connectivity index (χ3v) is 4.18. The molecule has 0 aliphatic carbocycles. The summed E-state index contributed by atoms with van der Waals surface area (Å²) in [5.41, 5.74) is 2.99. The lowest BCUT2D eigenvalue weighted by atomic mass is 10.1. The third-order valence-electron chi connectivity index (χ3n) is 3.69. The van der Waals surface area contributed by atoms with E-state index in [4.69, 9.17) is 4.74 Å². The Labute approximate surface area is 167 Å². The summed E-state index contributed by atoms with van der Waals surface area (Å²) in [4.78, 5) is 30.3. The van der Waals surface area contributed by atoms with Gasteiger partial charge in [-0.1, -0.05) is 15.9 Å². The minimum Gasteiger partial charge on any atom is -0.496 e. The van der Waals surface area contributed by atoms with Gasteiger partial charge in [0.15, 0.2) is 0 Å². The van der Waals surface area contributed by atoms with Crippen LogP contribution in [0.5, 0.6) is 5.75 Å². The molecule has 1 aromatic heterocycles. The summed E-state index contributed by atoms with van der Waals surface area (Å²) in [6.45, 7) is 0. The smallest absolute Gasteiger partial charge is 0.346 e. The molecule has 0 aliphatic heterocycles. The molecule has 9 heteroatoms. The van der Waals surface area contributed by atoms with E-state index in [2.05, 4.69) is 36.4 Å². The number of nitrogens with one attached hydrogen (secondary N) is 2. The molecule has 0 spiro atoms. The second-order valence-corrected chi connectivity index (χ2v) is 6.49. The average molecular weight is 445 g/mol. The molecule has 3 aromatic rings. The van der Waals surface area contributed by atoms with Gasteiger partial charge in [-0.25, -0.2) is 14.6 Å². The number of hydrogen-bond donors (Lipinski definition) is 2. The molecule has 0 saturated heterocycles. The Morgan fingerprint density at radius 3 is 2.71 bits per heavy atom. The molecule has 28 heavy (non-hydrogen) atoms. The maximum atomic E-state index is 13.1. The number of carbonyl (C=O) groups excluding carboxylic acids is 1. The lowest BCUT2D eigenvalue weighted by Crippen LogP contribution is -2.24. The number of amides is 1. The first-order valence-corrected chi connectivity index (χ1v) is 8.80. The van der Waals surface area contributed by atoms with Gasteiger partial charge in [0.05, 0.1) is 19.0 Å².